The Morgan fingerprint density at radius 1 is 0.944 bits per heavy atom. The first-order valence-electron chi connectivity index (χ1n) is 5.67. The summed E-state index contributed by atoms with van der Waals surface area (Å²) >= 11 is 6.03. The van der Waals surface area contributed by atoms with E-state index in [9.17, 15) is 0 Å². The maximum Gasteiger partial charge on any atom is 0.182 e. The molecule has 0 fully saturated rings. The molecule has 0 aliphatic carbocycles. The van der Waals surface area contributed by atoms with E-state index in [4.69, 9.17) is 16.0 Å². The van der Waals surface area contributed by atoms with Crippen molar-refractivity contribution in [1.82, 2.24) is 4.98 Å². The molecule has 0 amide bonds. The zero-order valence-electron chi connectivity index (χ0n) is 9.35. The normalized spacial score (nSPS) is 11.6. The van der Waals surface area contributed by atoms with Gasteiger partial charge in [-0.2, -0.15) is 0 Å². The summed E-state index contributed by atoms with van der Waals surface area (Å²) in [5.41, 5.74) is 1.71. The first kappa shape index (κ1) is 9.92. The number of hydrogen-bond donors (Lipinski definition) is 0. The van der Waals surface area contributed by atoms with Crippen molar-refractivity contribution < 1.29 is 4.42 Å². The van der Waals surface area contributed by atoms with Crippen LogP contribution in [0.3, 0.4) is 0 Å². The van der Waals surface area contributed by atoms with Gasteiger partial charge in [-0.05, 0) is 34.4 Å². The lowest BCUT2D eigenvalue weighted by Crippen LogP contribution is -1.79. The summed E-state index contributed by atoms with van der Waals surface area (Å²) in [5.74, 6) is 0. The zero-order chi connectivity index (χ0) is 12.1. The molecule has 18 heavy (non-hydrogen) atoms. The molecule has 0 aliphatic rings. The van der Waals surface area contributed by atoms with E-state index in [1.807, 2.05) is 24.3 Å². The van der Waals surface area contributed by atoms with Crippen molar-refractivity contribution in [1.29, 1.82) is 0 Å². The number of rotatable bonds is 0. The van der Waals surface area contributed by atoms with Gasteiger partial charge in [0.15, 0.2) is 12.0 Å². The zero-order valence-corrected chi connectivity index (χ0v) is 10.1. The van der Waals surface area contributed by atoms with Gasteiger partial charge in [-0.1, -0.05) is 35.9 Å². The molecule has 1 aromatic heterocycles. The van der Waals surface area contributed by atoms with Crippen LogP contribution in [-0.2, 0) is 0 Å². The summed E-state index contributed by atoms with van der Waals surface area (Å²) in [6, 6.07) is 14.1. The summed E-state index contributed by atoms with van der Waals surface area (Å²) in [5, 5.41) is 5.23. The van der Waals surface area contributed by atoms with E-state index in [0.717, 1.165) is 37.7 Å². The summed E-state index contributed by atoms with van der Waals surface area (Å²) < 4.78 is 5.53. The third-order valence-corrected chi connectivity index (χ3v) is 3.49. The predicted molar refractivity (Wildman–Crippen MR) is 74.0 cm³/mol. The topological polar surface area (TPSA) is 26.0 Å². The van der Waals surface area contributed by atoms with Gasteiger partial charge in [0.05, 0.1) is 0 Å². The number of aromatic nitrogens is 1. The third kappa shape index (κ3) is 1.27. The van der Waals surface area contributed by atoms with Gasteiger partial charge in [0.2, 0.25) is 0 Å². The van der Waals surface area contributed by atoms with Gasteiger partial charge in [-0.25, -0.2) is 4.98 Å². The van der Waals surface area contributed by atoms with Gasteiger partial charge >= 0.3 is 0 Å². The highest BCUT2D eigenvalue weighted by molar-refractivity contribution is 6.32. The number of oxazole rings is 1. The monoisotopic (exact) mass is 253 g/mol. The van der Waals surface area contributed by atoms with Crippen LogP contribution < -0.4 is 0 Å². The molecule has 3 aromatic carbocycles. The van der Waals surface area contributed by atoms with E-state index in [-0.39, 0.29) is 0 Å². The molecule has 0 spiro atoms. The summed E-state index contributed by atoms with van der Waals surface area (Å²) in [7, 11) is 0. The highest BCUT2D eigenvalue weighted by Gasteiger charge is 2.08. The maximum atomic E-state index is 6.03. The van der Waals surface area contributed by atoms with Crippen molar-refractivity contribution in [3.8, 4) is 0 Å². The number of fused-ring (bicyclic) bond motifs is 5. The van der Waals surface area contributed by atoms with Crippen LogP contribution in [0, 0.1) is 0 Å². The fourth-order valence-electron chi connectivity index (χ4n) is 2.44. The highest BCUT2D eigenvalue weighted by Crippen LogP contribution is 2.32. The van der Waals surface area contributed by atoms with Crippen molar-refractivity contribution in [3.05, 3.63) is 53.9 Å². The molecule has 0 radical (unpaired) electrons. The lowest BCUT2D eigenvalue weighted by atomic mass is 10.0. The number of nitrogens with zero attached hydrogens (tertiary/aromatic N) is 1. The van der Waals surface area contributed by atoms with Crippen LogP contribution in [0.15, 0.2) is 53.3 Å². The van der Waals surface area contributed by atoms with Crippen molar-refractivity contribution in [2.24, 2.45) is 0 Å². The molecule has 86 valence electrons. The van der Waals surface area contributed by atoms with Crippen molar-refractivity contribution >= 4 is 44.2 Å². The molecule has 3 heteroatoms. The quantitative estimate of drug-likeness (QED) is 0.421. The van der Waals surface area contributed by atoms with Crippen LogP contribution in [0.4, 0.5) is 0 Å². The molecule has 0 aliphatic heterocycles. The molecule has 0 unspecified atom stereocenters. The highest BCUT2D eigenvalue weighted by atomic mass is 35.5. The molecule has 0 saturated heterocycles. The Morgan fingerprint density at radius 2 is 1.78 bits per heavy atom. The maximum absolute atomic E-state index is 6.03. The molecular weight excluding hydrogens is 246 g/mol. The Hall–Kier alpha value is -2.06. The standard InChI is InChI=1S/C15H8ClNO/c16-11-4-5-12-10(7-11)2-1-9-3-6-13-15(14(9)12)18-8-17-13/h1-8H. The Balaban J connectivity index is 2.35. The first-order chi connectivity index (χ1) is 8.83. The molecule has 4 aromatic rings. The number of hydrogen-bond acceptors (Lipinski definition) is 2. The van der Waals surface area contributed by atoms with Crippen LogP contribution in [0.2, 0.25) is 5.02 Å². The number of halogens is 1. The molecule has 2 nitrogen and oxygen atoms in total. The molecule has 0 N–H and O–H groups in total. The number of benzene rings is 3. The van der Waals surface area contributed by atoms with Gasteiger partial charge in [-0.3, -0.25) is 0 Å². The SMILES string of the molecule is Clc1ccc2c(ccc3ccc4ncoc4c32)c1. The lowest BCUT2D eigenvalue weighted by molar-refractivity contribution is 0.605. The summed E-state index contributed by atoms with van der Waals surface area (Å²) in [4.78, 5) is 4.20. The predicted octanol–water partition coefficient (Wildman–Crippen LogP) is 4.79. The fourth-order valence-corrected chi connectivity index (χ4v) is 2.62. The fraction of sp³-hybridized carbons (Fsp3) is 0. The Kier molecular flexibility index (Phi) is 1.91. The van der Waals surface area contributed by atoms with Crippen LogP contribution in [0.1, 0.15) is 0 Å². The first-order valence-corrected chi connectivity index (χ1v) is 6.05. The second-order valence-corrected chi connectivity index (χ2v) is 4.73. The minimum absolute atomic E-state index is 0.742. The summed E-state index contributed by atoms with van der Waals surface area (Å²) in [6.07, 6.45) is 1.48. The molecule has 0 bridgehead atoms. The Labute approximate surface area is 108 Å². The van der Waals surface area contributed by atoms with Crippen LogP contribution in [0.25, 0.3) is 32.6 Å². The molecule has 4 rings (SSSR count). The molecule has 1 heterocycles. The van der Waals surface area contributed by atoms with E-state index in [1.165, 1.54) is 6.39 Å². The second-order valence-electron chi connectivity index (χ2n) is 4.30. The third-order valence-electron chi connectivity index (χ3n) is 3.26. The second kappa shape index (κ2) is 3.47. The van der Waals surface area contributed by atoms with E-state index in [1.54, 1.807) is 0 Å². The van der Waals surface area contributed by atoms with E-state index in [0.29, 0.717) is 0 Å². The van der Waals surface area contributed by atoms with Gasteiger partial charge in [-0.15, -0.1) is 0 Å². The van der Waals surface area contributed by atoms with Crippen LogP contribution >= 0.6 is 11.6 Å². The van der Waals surface area contributed by atoms with Gasteiger partial charge in [0.25, 0.3) is 0 Å². The van der Waals surface area contributed by atoms with Crippen LogP contribution in [0.5, 0.6) is 0 Å². The van der Waals surface area contributed by atoms with Crippen molar-refractivity contribution in [2.45, 2.75) is 0 Å². The van der Waals surface area contributed by atoms with Crippen molar-refractivity contribution in [3.63, 3.8) is 0 Å². The Bertz CT molecular complexity index is 895. The lowest BCUT2D eigenvalue weighted by Gasteiger charge is -2.04. The molecule has 0 saturated carbocycles. The van der Waals surface area contributed by atoms with E-state index >= 15 is 0 Å². The minimum atomic E-state index is 0.742. The molecular formula is C15H8ClNO. The largest absolute Gasteiger partial charge is 0.443 e. The minimum Gasteiger partial charge on any atom is -0.443 e. The molecule has 0 atom stereocenters. The average molecular weight is 254 g/mol. The van der Waals surface area contributed by atoms with Crippen molar-refractivity contribution in [2.75, 3.05) is 0 Å². The van der Waals surface area contributed by atoms with Gasteiger partial charge in [0.1, 0.15) is 5.52 Å². The Morgan fingerprint density at radius 3 is 2.72 bits per heavy atom. The van der Waals surface area contributed by atoms with E-state index < -0.39 is 0 Å². The summed E-state index contributed by atoms with van der Waals surface area (Å²) in [6.45, 7) is 0. The average Bonchev–Trinajstić information content (AvgIpc) is 2.86. The van der Waals surface area contributed by atoms with Gasteiger partial charge in [0, 0.05) is 10.4 Å². The van der Waals surface area contributed by atoms with Crippen LogP contribution in [-0.4, -0.2) is 4.98 Å². The smallest absolute Gasteiger partial charge is 0.182 e. The van der Waals surface area contributed by atoms with Gasteiger partial charge < -0.3 is 4.42 Å². The van der Waals surface area contributed by atoms with E-state index in [2.05, 4.69) is 23.2 Å².